The molecule has 11 heavy (non-hydrogen) atoms. The maximum atomic E-state index is 12.7. The molecule has 0 fully saturated rings. The highest BCUT2D eigenvalue weighted by Gasteiger charge is 2.00. The van der Waals surface area contributed by atoms with Crippen LogP contribution < -0.4 is 0 Å². The van der Waals surface area contributed by atoms with Gasteiger partial charge in [-0.3, -0.25) is 4.98 Å². The van der Waals surface area contributed by atoms with E-state index in [1.165, 1.54) is 6.20 Å². The molecule has 1 rings (SSSR count). The summed E-state index contributed by atoms with van der Waals surface area (Å²) in [6, 6.07) is 1.09. The van der Waals surface area contributed by atoms with Crippen molar-refractivity contribution in [1.82, 2.24) is 4.98 Å². The van der Waals surface area contributed by atoms with E-state index >= 15 is 0 Å². The number of hydrogen-bond acceptors (Lipinski definition) is 3. The van der Waals surface area contributed by atoms with Gasteiger partial charge in [0, 0.05) is 6.20 Å². The highest BCUT2D eigenvalue weighted by Crippen LogP contribution is 2.09. The zero-order valence-electron chi connectivity index (χ0n) is 5.33. The van der Waals surface area contributed by atoms with E-state index in [4.69, 9.17) is 16.8 Å². The number of rotatable bonds is 1. The van der Waals surface area contributed by atoms with Crippen LogP contribution in [0.1, 0.15) is 5.69 Å². The van der Waals surface area contributed by atoms with Crippen LogP contribution in [-0.2, 0) is 0 Å². The van der Waals surface area contributed by atoms with Crippen LogP contribution in [0.3, 0.4) is 0 Å². The molecule has 0 aliphatic heterocycles. The third-order valence-electron chi connectivity index (χ3n) is 1.02. The van der Waals surface area contributed by atoms with Gasteiger partial charge in [-0.25, -0.2) is 4.39 Å². The van der Waals surface area contributed by atoms with E-state index < -0.39 is 5.82 Å². The standard InChI is InChI=1S/C6H4ClFN2O/c7-4-1-5(8)6(3-10-11)9-2-4/h1-3,11H/b10-3+. The lowest BCUT2D eigenvalue weighted by molar-refractivity contribution is 0.321. The normalized spacial score (nSPS) is 10.7. The number of oxime groups is 1. The van der Waals surface area contributed by atoms with Gasteiger partial charge < -0.3 is 5.21 Å². The van der Waals surface area contributed by atoms with Crippen LogP contribution >= 0.6 is 11.6 Å². The van der Waals surface area contributed by atoms with Gasteiger partial charge in [-0.2, -0.15) is 0 Å². The van der Waals surface area contributed by atoms with Crippen molar-refractivity contribution in [2.45, 2.75) is 0 Å². The smallest absolute Gasteiger partial charge is 0.152 e. The Kier molecular flexibility index (Phi) is 2.38. The van der Waals surface area contributed by atoms with Crippen molar-refractivity contribution in [3.63, 3.8) is 0 Å². The van der Waals surface area contributed by atoms with Gasteiger partial charge in [0.1, 0.15) is 5.69 Å². The maximum Gasteiger partial charge on any atom is 0.152 e. The van der Waals surface area contributed by atoms with Crippen LogP contribution in [0.5, 0.6) is 0 Å². The Morgan fingerprint density at radius 1 is 1.73 bits per heavy atom. The Labute approximate surface area is 67.1 Å². The predicted octanol–water partition coefficient (Wildman–Crippen LogP) is 1.68. The molecule has 1 heterocycles. The zero-order chi connectivity index (χ0) is 8.27. The molecule has 0 aromatic carbocycles. The van der Waals surface area contributed by atoms with Crippen LogP contribution in [0, 0.1) is 5.82 Å². The summed E-state index contributed by atoms with van der Waals surface area (Å²) in [7, 11) is 0. The summed E-state index contributed by atoms with van der Waals surface area (Å²) >= 11 is 5.41. The molecule has 0 saturated carbocycles. The van der Waals surface area contributed by atoms with Gasteiger partial charge in [0.05, 0.1) is 11.2 Å². The van der Waals surface area contributed by atoms with Crippen molar-refractivity contribution in [2.75, 3.05) is 0 Å². The minimum absolute atomic E-state index is 0.0445. The number of hydrogen-bond donors (Lipinski definition) is 1. The van der Waals surface area contributed by atoms with Crippen molar-refractivity contribution in [3.05, 3.63) is 28.8 Å². The third-order valence-corrected chi connectivity index (χ3v) is 1.22. The minimum Gasteiger partial charge on any atom is -0.411 e. The number of halogens is 2. The van der Waals surface area contributed by atoms with Gasteiger partial charge in [-0.05, 0) is 6.07 Å². The largest absolute Gasteiger partial charge is 0.411 e. The summed E-state index contributed by atoms with van der Waals surface area (Å²) in [6.07, 6.45) is 2.16. The Morgan fingerprint density at radius 3 is 3.00 bits per heavy atom. The van der Waals surface area contributed by atoms with E-state index in [0.717, 1.165) is 12.3 Å². The van der Waals surface area contributed by atoms with E-state index in [1.54, 1.807) is 0 Å². The van der Waals surface area contributed by atoms with Crippen molar-refractivity contribution in [2.24, 2.45) is 5.16 Å². The summed E-state index contributed by atoms with van der Waals surface area (Å²) < 4.78 is 12.7. The molecule has 0 aliphatic carbocycles. The van der Waals surface area contributed by atoms with Gasteiger partial charge in [0.15, 0.2) is 5.82 Å². The summed E-state index contributed by atoms with van der Waals surface area (Å²) in [6.45, 7) is 0. The monoisotopic (exact) mass is 174 g/mol. The Morgan fingerprint density at radius 2 is 2.45 bits per heavy atom. The molecular formula is C6H4ClFN2O. The quantitative estimate of drug-likeness (QED) is 0.400. The zero-order valence-corrected chi connectivity index (χ0v) is 6.09. The first-order chi connectivity index (χ1) is 5.24. The highest BCUT2D eigenvalue weighted by atomic mass is 35.5. The molecule has 5 heteroatoms. The Bertz CT molecular complexity index is 290. The van der Waals surface area contributed by atoms with E-state index in [2.05, 4.69) is 10.1 Å². The van der Waals surface area contributed by atoms with E-state index in [1.807, 2.05) is 0 Å². The molecule has 0 unspecified atom stereocenters. The van der Waals surface area contributed by atoms with Gasteiger partial charge in [0.2, 0.25) is 0 Å². The second-order valence-corrected chi connectivity index (χ2v) is 2.20. The van der Waals surface area contributed by atoms with Crippen LogP contribution in [0.15, 0.2) is 17.4 Å². The van der Waals surface area contributed by atoms with Gasteiger partial charge >= 0.3 is 0 Å². The molecule has 0 bridgehead atoms. The van der Waals surface area contributed by atoms with Gasteiger partial charge in [-0.15, -0.1) is 0 Å². The molecule has 0 spiro atoms. The second-order valence-electron chi connectivity index (χ2n) is 1.77. The average molecular weight is 175 g/mol. The molecule has 58 valence electrons. The van der Waals surface area contributed by atoms with Gasteiger partial charge in [-0.1, -0.05) is 16.8 Å². The van der Waals surface area contributed by atoms with Crippen LogP contribution in [0.2, 0.25) is 5.02 Å². The molecule has 0 aliphatic rings. The molecular weight excluding hydrogens is 171 g/mol. The number of pyridine rings is 1. The molecule has 0 atom stereocenters. The molecule has 0 amide bonds. The van der Waals surface area contributed by atoms with E-state index in [-0.39, 0.29) is 10.7 Å². The Balaban J connectivity index is 3.09. The fraction of sp³-hybridized carbons (Fsp3) is 0. The topological polar surface area (TPSA) is 45.5 Å². The minimum atomic E-state index is -0.615. The number of nitrogens with zero attached hydrogens (tertiary/aromatic N) is 2. The summed E-state index contributed by atoms with van der Waals surface area (Å²) in [5.41, 5.74) is -0.0445. The van der Waals surface area contributed by atoms with Crippen LogP contribution in [-0.4, -0.2) is 16.4 Å². The molecule has 1 aromatic heterocycles. The Hall–Kier alpha value is -1.16. The molecule has 0 saturated heterocycles. The van der Waals surface area contributed by atoms with Gasteiger partial charge in [0.25, 0.3) is 0 Å². The second kappa shape index (κ2) is 3.30. The van der Waals surface area contributed by atoms with E-state index in [9.17, 15) is 4.39 Å². The van der Waals surface area contributed by atoms with Crippen molar-refractivity contribution >= 4 is 17.8 Å². The first-order valence-corrected chi connectivity index (χ1v) is 3.10. The van der Waals surface area contributed by atoms with Crippen molar-refractivity contribution < 1.29 is 9.60 Å². The fourth-order valence-electron chi connectivity index (χ4n) is 0.575. The lowest BCUT2D eigenvalue weighted by Crippen LogP contribution is -1.92. The maximum absolute atomic E-state index is 12.7. The third kappa shape index (κ3) is 1.88. The number of aromatic nitrogens is 1. The SMILES string of the molecule is O/N=C/c1ncc(Cl)cc1F. The van der Waals surface area contributed by atoms with Crippen LogP contribution in [0.25, 0.3) is 0 Å². The average Bonchev–Trinajstić information content (AvgIpc) is 1.95. The lowest BCUT2D eigenvalue weighted by atomic mass is 10.3. The first kappa shape index (κ1) is 7.94. The predicted molar refractivity (Wildman–Crippen MR) is 38.6 cm³/mol. The van der Waals surface area contributed by atoms with E-state index in [0.29, 0.717) is 0 Å². The lowest BCUT2D eigenvalue weighted by Gasteiger charge is -1.93. The van der Waals surface area contributed by atoms with Crippen molar-refractivity contribution in [3.8, 4) is 0 Å². The summed E-state index contributed by atoms with van der Waals surface area (Å²) in [5, 5.41) is 10.9. The first-order valence-electron chi connectivity index (χ1n) is 2.72. The van der Waals surface area contributed by atoms with Crippen LogP contribution in [0.4, 0.5) is 4.39 Å². The molecule has 1 N–H and O–H groups in total. The fourth-order valence-corrected chi connectivity index (χ4v) is 0.719. The molecule has 1 aromatic rings. The molecule has 0 radical (unpaired) electrons. The summed E-state index contributed by atoms with van der Waals surface area (Å²) in [4.78, 5) is 3.55. The highest BCUT2D eigenvalue weighted by molar-refractivity contribution is 6.30. The van der Waals surface area contributed by atoms with Crippen molar-refractivity contribution in [1.29, 1.82) is 0 Å². The molecule has 3 nitrogen and oxygen atoms in total. The summed E-state index contributed by atoms with van der Waals surface area (Å²) in [5.74, 6) is -0.615.